The highest BCUT2D eigenvalue weighted by Crippen LogP contribution is 2.30. The molecule has 0 saturated carbocycles. The van der Waals surface area contributed by atoms with E-state index in [-0.39, 0.29) is 0 Å². The van der Waals surface area contributed by atoms with E-state index in [0.717, 1.165) is 11.3 Å². The van der Waals surface area contributed by atoms with Crippen molar-refractivity contribution in [2.24, 2.45) is 0 Å². The molecule has 0 aliphatic heterocycles. The molecule has 0 spiro atoms. The quantitative estimate of drug-likeness (QED) is 0.657. The number of aromatic nitrogens is 1. The van der Waals surface area contributed by atoms with Gasteiger partial charge in [-0.2, -0.15) is 0 Å². The number of benzene rings is 2. The Bertz CT molecular complexity index is 886. The monoisotopic (exact) mass is 384 g/mol. The zero-order valence-electron chi connectivity index (χ0n) is 12.3. The number of rotatable bonds is 3. The fourth-order valence-corrected chi connectivity index (χ4v) is 2.20. The summed E-state index contributed by atoms with van der Waals surface area (Å²) in [5, 5.41) is 2.50. The van der Waals surface area contributed by atoms with Gasteiger partial charge < -0.3 is 14.5 Å². The van der Waals surface area contributed by atoms with Crippen LogP contribution in [0.3, 0.4) is 0 Å². The van der Waals surface area contributed by atoms with Crippen LogP contribution in [0.5, 0.6) is 5.75 Å². The first-order valence-electron chi connectivity index (χ1n) is 6.80. The van der Waals surface area contributed by atoms with Gasteiger partial charge in [0.15, 0.2) is 5.58 Å². The molecule has 3 aromatic rings. The van der Waals surface area contributed by atoms with E-state index in [1.807, 2.05) is 24.3 Å². The lowest BCUT2D eigenvalue weighted by Gasteiger charge is -2.10. The van der Waals surface area contributed by atoms with Gasteiger partial charge in [-0.3, -0.25) is 4.79 Å². The molecule has 5 nitrogen and oxygen atoms in total. The van der Waals surface area contributed by atoms with Crippen molar-refractivity contribution in [1.29, 1.82) is 0 Å². The maximum absolute atomic E-state index is 11.7. The van der Waals surface area contributed by atoms with Gasteiger partial charge in [-0.25, -0.2) is 4.98 Å². The SMILES string of the molecule is COc1ccc(-c2nc3ccc(NC(=O)C(Cl)(Cl)Cl)cc3o2)cc1. The molecule has 0 fully saturated rings. The minimum Gasteiger partial charge on any atom is -0.497 e. The fourth-order valence-electron chi connectivity index (χ4n) is 2.06. The molecule has 0 aliphatic carbocycles. The molecule has 0 aliphatic rings. The van der Waals surface area contributed by atoms with Gasteiger partial charge in [-0.15, -0.1) is 0 Å². The standard InChI is InChI=1S/C16H11Cl3N2O3/c1-23-11-5-2-9(3-6-11)14-21-12-7-4-10(8-13(12)24-14)20-15(22)16(17,18)19/h2-8H,1H3,(H,20,22). The summed E-state index contributed by atoms with van der Waals surface area (Å²) in [4.78, 5) is 16.1. The molecule has 124 valence electrons. The predicted molar refractivity (Wildman–Crippen MR) is 94.9 cm³/mol. The number of hydrogen-bond acceptors (Lipinski definition) is 4. The Morgan fingerprint density at radius 1 is 1.17 bits per heavy atom. The van der Waals surface area contributed by atoms with E-state index in [4.69, 9.17) is 44.0 Å². The van der Waals surface area contributed by atoms with Crippen molar-refractivity contribution in [3.8, 4) is 17.2 Å². The van der Waals surface area contributed by atoms with E-state index in [1.54, 1.807) is 25.3 Å². The van der Waals surface area contributed by atoms with Gasteiger partial charge >= 0.3 is 0 Å². The van der Waals surface area contributed by atoms with Gasteiger partial charge in [-0.05, 0) is 36.4 Å². The predicted octanol–water partition coefficient (Wildman–Crippen LogP) is 4.81. The zero-order valence-corrected chi connectivity index (χ0v) is 14.6. The van der Waals surface area contributed by atoms with E-state index in [2.05, 4.69) is 10.3 Å². The van der Waals surface area contributed by atoms with Crippen LogP contribution in [0.4, 0.5) is 5.69 Å². The largest absolute Gasteiger partial charge is 0.497 e. The number of nitrogens with one attached hydrogen (secondary N) is 1. The molecule has 1 N–H and O–H groups in total. The molecule has 2 aromatic carbocycles. The lowest BCUT2D eigenvalue weighted by molar-refractivity contribution is -0.115. The van der Waals surface area contributed by atoms with Crippen LogP contribution in [0.25, 0.3) is 22.6 Å². The Kier molecular flexibility index (Phi) is 4.58. The number of nitrogens with zero attached hydrogens (tertiary/aromatic N) is 1. The number of anilines is 1. The highest BCUT2D eigenvalue weighted by molar-refractivity contribution is 6.76. The summed E-state index contributed by atoms with van der Waals surface area (Å²) < 4.78 is 8.82. The van der Waals surface area contributed by atoms with Crippen LogP contribution in [0.15, 0.2) is 46.9 Å². The topological polar surface area (TPSA) is 64.4 Å². The molecule has 1 amide bonds. The zero-order chi connectivity index (χ0) is 17.3. The normalized spacial score (nSPS) is 11.5. The van der Waals surface area contributed by atoms with Crippen LogP contribution in [0.2, 0.25) is 0 Å². The number of carbonyl (C=O) groups is 1. The van der Waals surface area contributed by atoms with Gasteiger partial charge in [0.25, 0.3) is 9.70 Å². The Balaban J connectivity index is 1.89. The number of carbonyl (C=O) groups excluding carboxylic acids is 1. The van der Waals surface area contributed by atoms with Crippen molar-refractivity contribution in [3.63, 3.8) is 0 Å². The third-order valence-corrected chi connectivity index (χ3v) is 3.76. The average molecular weight is 386 g/mol. The Labute approximate surface area is 152 Å². The number of fused-ring (bicyclic) bond motifs is 1. The minimum atomic E-state index is -2.04. The third kappa shape index (κ3) is 3.59. The fraction of sp³-hybridized carbons (Fsp3) is 0.125. The molecule has 0 saturated heterocycles. The summed E-state index contributed by atoms with van der Waals surface area (Å²) in [5.41, 5.74) is 2.39. The van der Waals surface area contributed by atoms with Crippen LogP contribution in [0.1, 0.15) is 0 Å². The summed E-state index contributed by atoms with van der Waals surface area (Å²) in [6.45, 7) is 0. The number of hydrogen-bond donors (Lipinski definition) is 1. The Morgan fingerprint density at radius 2 is 1.88 bits per heavy atom. The number of halogens is 3. The highest BCUT2D eigenvalue weighted by atomic mass is 35.6. The lowest BCUT2D eigenvalue weighted by atomic mass is 10.2. The Morgan fingerprint density at radius 3 is 2.50 bits per heavy atom. The summed E-state index contributed by atoms with van der Waals surface area (Å²) >= 11 is 16.6. The van der Waals surface area contributed by atoms with Crippen LogP contribution >= 0.6 is 34.8 Å². The van der Waals surface area contributed by atoms with Crippen LogP contribution < -0.4 is 10.1 Å². The molecule has 8 heteroatoms. The van der Waals surface area contributed by atoms with Crippen molar-refractivity contribution >= 4 is 57.5 Å². The summed E-state index contributed by atoms with van der Waals surface area (Å²) in [6, 6.07) is 12.3. The van der Waals surface area contributed by atoms with Crippen molar-refractivity contribution in [1.82, 2.24) is 4.98 Å². The Hall–Kier alpha value is -1.95. The molecule has 0 bridgehead atoms. The third-order valence-electron chi connectivity index (χ3n) is 3.24. The van der Waals surface area contributed by atoms with Crippen molar-refractivity contribution in [2.45, 2.75) is 3.79 Å². The van der Waals surface area contributed by atoms with E-state index >= 15 is 0 Å². The van der Waals surface area contributed by atoms with Crippen molar-refractivity contribution in [2.75, 3.05) is 12.4 Å². The van der Waals surface area contributed by atoms with Crippen molar-refractivity contribution < 1.29 is 13.9 Å². The number of oxazole rings is 1. The number of alkyl halides is 3. The van der Waals surface area contributed by atoms with Crippen LogP contribution in [-0.4, -0.2) is 21.8 Å². The first-order chi connectivity index (χ1) is 11.4. The first kappa shape index (κ1) is 16.9. The maximum Gasteiger partial charge on any atom is 0.276 e. The second-order valence-electron chi connectivity index (χ2n) is 4.88. The molecule has 0 atom stereocenters. The van der Waals surface area contributed by atoms with Gasteiger partial charge in [0.2, 0.25) is 5.89 Å². The summed E-state index contributed by atoms with van der Waals surface area (Å²) in [5.74, 6) is 0.450. The molecular weight excluding hydrogens is 375 g/mol. The van der Waals surface area contributed by atoms with E-state index in [0.29, 0.717) is 22.7 Å². The molecule has 24 heavy (non-hydrogen) atoms. The highest BCUT2D eigenvalue weighted by Gasteiger charge is 2.30. The minimum absolute atomic E-state index is 0.441. The average Bonchev–Trinajstić information content (AvgIpc) is 2.97. The van der Waals surface area contributed by atoms with Crippen molar-refractivity contribution in [3.05, 3.63) is 42.5 Å². The summed E-state index contributed by atoms with van der Waals surface area (Å²) in [7, 11) is 1.60. The number of methoxy groups -OCH3 is 1. The lowest BCUT2D eigenvalue weighted by Crippen LogP contribution is -2.26. The summed E-state index contributed by atoms with van der Waals surface area (Å²) in [6.07, 6.45) is 0. The van der Waals surface area contributed by atoms with Crippen LogP contribution in [0, 0.1) is 0 Å². The smallest absolute Gasteiger partial charge is 0.276 e. The second-order valence-corrected chi connectivity index (χ2v) is 7.16. The van der Waals surface area contributed by atoms with Gasteiger partial charge in [-0.1, -0.05) is 34.8 Å². The molecule has 1 aromatic heterocycles. The first-order valence-corrected chi connectivity index (χ1v) is 7.93. The van der Waals surface area contributed by atoms with E-state index in [1.165, 1.54) is 0 Å². The van der Waals surface area contributed by atoms with E-state index in [9.17, 15) is 4.79 Å². The number of amides is 1. The molecule has 0 radical (unpaired) electrons. The van der Waals surface area contributed by atoms with Gasteiger partial charge in [0, 0.05) is 17.3 Å². The number of ether oxygens (including phenoxy) is 1. The molecule has 1 heterocycles. The van der Waals surface area contributed by atoms with E-state index < -0.39 is 9.70 Å². The van der Waals surface area contributed by atoms with Crippen LogP contribution in [-0.2, 0) is 4.79 Å². The molecule has 0 unspecified atom stereocenters. The maximum atomic E-state index is 11.7. The van der Waals surface area contributed by atoms with Gasteiger partial charge in [0.1, 0.15) is 11.3 Å². The second kappa shape index (κ2) is 6.51. The molecular formula is C16H11Cl3N2O3. The van der Waals surface area contributed by atoms with Gasteiger partial charge in [0.05, 0.1) is 7.11 Å². The molecule has 3 rings (SSSR count).